The van der Waals surface area contributed by atoms with E-state index in [2.05, 4.69) is 302 Å². The molecular formula is C96H111N5O5. The fraction of sp³-hybridized carbons (Fsp3) is 0.375. The first-order valence-corrected chi connectivity index (χ1v) is 38.7. The number of fused-ring (bicyclic) bond motifs is 10. The number of benzene rings is 10. The van der Waals surface area contributed by atoms with Gasteiger partial charge in [-0.3, -0.25) is 0 Å². The molecule has 4 bridgehead atoms. The predicted molar refractivity (Wildman–Crippen MR) is 443 cm³/mol. The number of anilines is 10. The van der Waals surface area contributed by atoms with Crippen molar-refractivity contribution in [3.05, 3.63) is 239 Å². The highest BCUT2D eigenvalue weighted by molar-refractivity contribution is 5.83. The lowest BCUT2D eigenvalue weighted by atomic mass is 9.48. The van der Waals surface area contributed by atoms with Gasteiger partial charge in [-0.15, -0.1) is 0 Å². The maximum atomic E-state index is 6.39. The fourth-order valence-corrected chi connectivity index (χ4v) is 17.5. The maximum Gasteiger partial charge on any atom is 0.154 e. The molecule has 4 aliphatic carbocycles. The highest BCUT2D eigenvalue weighted by Crippen LogP contribution is 2.62. The van der Waals surface area contributed by atoms with Crippen LogP contribution >= 0.6 is 0 Å². The van der Waals surface area contributed by atoms with Crippen molar-refractivity contribution in [1.82, 2.24) is 0 Å². The van der Waals surface area contributed by atoms with Crippen LogP contribution in [0.25, 0.3) is 0 Å². The Bertz CT molecular complexity index is 4750. The molecule has 0 amide bonds. The highest BCUT2D eigenvalue weighted by atomic mass is 16.5. The van der Waals surface area contributed by atoms with Gasteiger partial charge in [-0.05, 0) is 258 Å². The van der Waals surface area contributed by atoms with E-state index in [0.717, 1.165) is 128 Å². The molecule has 5 heterocycles. The summed E-state index contributed by atoms with van der Waals surface area (Å²) in [6, 6.07) is 70.3. The summed E-state index contributed by atoms with van der Waals surface area (Å²) in [5, 5.41) is 0. The average Bonchev–Trinajstić information content (AvgIpc) is 0.727. The molecule has 0 radical (unpaired) electrons. The number of nitrogens with zero attached hydrogens (tertiary/aromatic N) is 5. The molecule has 10 nitrogen and oxygen atoms in total. The van der Waals surface area contributed by atoms with Crippen LogP contribution in [0.1, 0.15) is 167 Å². The molecule has 5 aliphatic heterocycles. The van der Waals surface area contributed by atoms with Crippen LogP contribution in [0.3, 0.4) is 0 Å². The first kappa shape index (κ1) is 73.1. The minimum absolute atomic E-state index is 0.116. The molecule has 106 heavy (non-hydrogen) atoms. The van der Waals surface area contributed by atoms with Crippen LogP contribution in [0.4, 0.5) is 56.9 Å². The Hall–Kier alpha value is -9.80. The quantitative estimate of drug-likeness (QED) is 0.167. The van der Waals surface area contributed by atoms with Crippen molar-refractivity contribution in [3.63, 3.8) is 0 Å². The molecule has 0 atom stereocenters. The maximum absolute atomic E-state index is 6.39. The van der Waals surface area contributed by atoms with Crippen LogP contribution in [0.2, 0.25) is 0 Å². The zero-order valence-electron chi connectivity index (χ0n) is 66.4. The van der Waals surface area contributed by atoms with Gasteiger partial charge >= 0.3 is 0 Å². The molecule has 4 saturated carbocycles. The van der Waals surface area contributed by atoms with Crippen LogP contribution in [-0.4, -0.2) is 35.2 Å². The molecule has 19 rings (SSSR count). The van der Waals surface area contributed by atoms with Crippen LogP contribution in [0, 0.1) is 36.5 Å². The van der Waals surface area contributed by atoms with E-state index in [0.29, 0.717) is 17.3 Å². The standard InChI is InChI=1S/C24H27NO.2C21H27NO.C17H19NO.C13H11NO/c1-15-3-5-20-22(7-15)26-23-11-19(4-6-21(23)25(20)2)24-12-16-8-17(13-24)10-18(9-16)14-24;1-20(2,3)14-8-10-16-18(12-14)23-19-13-15(21(4,5)6)9-11-17(19)22(16)7;1-14(2)12-16-8-7-11-19-20(16)22(5)18-10-6-9-17(13-15(3)4)21(18)23-19;1-17(2,3)12-9-10-14-16(11-12)19-15-8-6-5-7-13(15)18(14)4;1-14-10-6-2-4-8-12(10)15-13-9-5-3-7-11(13)14/h3-7,11,16-18H,8-10,12-14H2,1-2H3;8-13H,1-7H3;6-11,14-15H,12-13H2,1-5H3;5-11H,1-4H3;2-9H,1H3. The normalized spacial score (nSPS) is 18.4. The zero-order chi connectivity index (χ0) is 74.9. The largest absolute Gasteiger partial charge is 0.453 e. The molecule has 10 heteroatoms. The van der Waals surface area contributed by atoms with Gasteiger partial charge in [-0.1, -0.05) is 181 Å². The molecule has 10 aromatic carbocycles. The second-order valence-corrected chi connectivity index (χ2v) is 35.1. The Balaban J connectivity index is 0.000000113. The molecule has 0 saturated heterocycles. The summed E-state index contributed by atoms with van der Waals surface area (Å²) in [7, 11) is 10.5. The Morgan fingerprint density at radius 1 is 0.330 bits per heavy atom. The number of hydrogen-bond donors (Lipinski definition) is 0. The first-order chi connectivity index (χ1) is 50.5. The van der Waals surface area contributed by atoms with E-state index in [1.54, 1.807) is 5.56 Å². The molecular weight excluding hydrogens is 1300 g/mol. The summed E-state index contributed by atoms with van der Waals surface area (Å²) in [4.78, 5) is 11.1. The van der Waals surface area contributed by atoms with E-state index in [-0.39, 0.29) is 16.2 Å². The number of aryl methyl sites for hydroxylation is 1. The summed E-state index contributed by atoms with van der Waals surface area (Å²) in [5.41, 5.74) is 21.5. The summed E-state index contributed by atoms with van der Waals surface area (Å²) >= 11 is 0. The van der Waals surface area contributed by atoms with Crippen LogP contribution in [0.5, 0.6) is 57.5 Å². The smallest absolute Gasteiger partial charge is 0.154 e. The average molecular weight is 1410 g/mol. The van der Waals surface area contributed by atoms with E-state index < -0.39 is 0 Å². The van der Waals surface area contributed by atoms with Crippen molar-refractivity contribution < 1.29 is 23.7 Å². The summed E-state index contributed by atoms with van der Waals surface area (Å²) < 4.78 is 30.9. The zero-order valence-corrected chi connectivity index (χ0v) is 66.4. The van der Waals surface area contributed by atoms with E-state index in [4.69, 9.17) is 23.7 Å². The fourth-order valence-electron chi connectivity index (χ4n) is 17.5. The van der Waals surface area contributed by atoms with E-state index >= 15 is 0 Å². The number of rotatable bonds is 5. The SMILES string of the molecule is CC(C)Cc1cccc2c1Oc1cccc(CC(C)C)c1N2C.CN1c2ccc(C(C)(C)C)cc2Oc2cc(C(C)(C)C)ccc21.CN1c2ccccc2Oc2cc(C(C)(C)C)ccc21.CN1c2ccccc2Oc2ccccc21.Cc1ccc2c(c1)Oc1cc(C34CC5CC(CC(C5)C3)C4)ccc1N2C. The summed E-state index contributed by atoms with van der Waals surface area (Å²) in [6.45, 7) is 31.2. The van der Waals surface area contributed by atoms with E-state index in [1.807, 2.05) is 54.6 Å². The van der Waals surface area contributed by atoms with E-state index in [1.165, 1.54) is 89.0 Å². The number of hydrogen-bond acceptors (Lipinski definition) is 10. The predicted octanol–water partition coefficient (Wildman–Crippen LogP) is 26.9. The van der Waals surface area contributed by atoms with Crippen LogP contribution < -0.4 is 48.2 Å². The molecule has 0 N–H and O–H groups in total. The molecule has 0 spiro atoms. The van der Waals surface area contributed by atoms with Gasteiger partial charge in [0.25, 0.3) is 0 Å². The van der Waals surface area contributed by atoms with Gasteiger partial charge in [0.05, 0.1) is 56.9 Å². The van der Waals surface area contributed by atoms with Crippen LogP contribution in [-0.2, 0) is 34.5 Å². The third-order valence-corrected chi connectivity index (χ3v) is 22.9. The van der Waals surface area contributed by atoms with Gasteiger partial charge in [0, 0.05) is 35.2 Å². The third-order valence-electron chi connectivity index (χ3n) is 22.9. The second-order valence-electron chi connectivity index (χ2n) is 35.1. The van der Waals surface area contributed by atoms with E-state index in [9.17, 15) is 0 Å². The van der Waals surface area contributed by atoms with Crippen molar-refractivity contribution in [1.29, 1.82) is 0 Å². The molecule has 550 valence electrons. The van der Waals surface area contributed by atoms with Crippen molar-refractivity contribution in [2.75, 3.05) is 59.7 Å². The Kier molecular flexibility index (Phi) is 19.9. The molecule has 4 fully saturated rings. The second kappa shape index (κ2) is 28.8. The van der Waals surface area contributed by atoms with Gasteiger partial charge in [0.1, 0.15) is 0 Å². The highest BCUT2D eigenvalue weighted by Gasteiger charge is 2.52. The Morgan fingerprint density at radius 3 is 1.09 bits per heavy atom. The van der Waals surface area contributed by atoms with Crippen molar-refractivity contribution in [2.45, 2.75) is 170 Å². The summed E-state index contributed by atoms with van der Waals surface area (Å²) in [6.07, 6.45) is 10.8. The van der Waals surface area contributed by atoms with Crippen molar-refractivity contribution in [2.24, 2.45) is 29.6 Å². The lowest BCUT2D eigenvalue weighted by Gasteiger charge is -2.57. The molecule has 9 aliphatic rings. The van der Waals surface area contributed by atoms with Gasteiger partial charge < -0.3 is 48.2 Å². The minimum atomic E-state index is 0.116. The minimum Gasteiger partial charge on any atom is -0.453 e. The van der Waals surface area contributed by atoms with Gasteiger partial charge in [-0.25, -0.2) is 0 Å². The molecule has 10 aromatic rings. The van der Waals surface area contributed by atoms with Gasteiger partial charge in [0.2, 0.25) is 0 Å². The monoisotopic (exact) mass is 1410 g/mol. The van der Waals surface area contributed by atoms with Crippen LogP contribution in [0.15, 0.2) is 200 Å². The van der Waals surface area contributed by atoms with Crippen molar-refractivity contribution >= 4 is 56.9 Å². The number of ether oxygens (including phenoxy) is 5. The first-order valence-electron chi connectivity index (χ1n) is 38.7. The summed E-state index contributed by atoms with van der Waals surface area (Å²) in [5.74, 6) is 13.8. The molecule has 0 aromatic heterocycles. The van der Waals surface area contributed by atoms with Gasteiger partial charge in [0.15, 0.2) is 57.5 Å². The lowest BCUT2D eigenvalue weighted by Crippen LogP contribution is -2.48. The lowest BCUT2D eigenvalue weighted by molar-refractivity contribution is -0.00525. The Labute approximate surface area is 632 Å². The molecule has 0 unspecified atom stereocenters. The number of para-hydroxylation sites is 8. The third kappa shape index (κ3) is 14.8. The van der Waals surface area contributed by atoms with Crippen molar-refractivity contribution in [3.8, 4) is 57.5 Å². The topological polar surface area (TPSA) is 62.4 Å². The van der Waals surface area contributed by atoms with Gasteiger partial charge in [-0.2, -0.15) is 0 Å². The Morgan fingerprint density at radius 2 is 0.660 bits per heavy atom.